The minimum atomic E-state index is -0.278. The Bertz CT molecular complexity index is 964. The van der Waals surface area contributed by atoms with Crippen LogP contribution >= 0.6 is 11.8 Å². The van der Waals surface area contributed by atoms with E-state index in [1.54, 1.807) is 0 Å². The van der Waals surface area contributed by atoms with Gasteiger partial charge in [-0.25, -0.2) is 0 Å². The van der Waals surface area contributed by atoms with Crippen LogP contribution < -0.4 is 0 Å². The van der Waals surface area contributed by atoms with Crippen LogP contribution in [-0.4, -0.2) is 21.2 Å². The van der Waals surface area contributed by atoms with Crippen molar-refractivity contribution < 1.29 is 9.21 Å². The van der Waals surface area contributed by atoms with E-state index in [1.165, 1.54) is 29.3 Å². The zero-order valence-electron chi connectivity index (χ0n) is 14.9. The van der Waals surface area contributed by atoms with Gasteiger partial charge in [-0.3, -0.25) is 4.79 Å². The summed E-state index contributed by atoms with van der Waals surface area (Å²) >= 11 is 1.31. The van der Waals surface area contributed by atoms with Crippen LogP contribution in [0.15, 0.2) is 52.1 Å². The number of ketones is 1. The molecule has 4 nitrogen and oxygen atoms in total. The van der Waals surface area contributed by atoms with E-state index >= 15 is 0 Å². The number of carbonyl (C=O) groups is 1. The Hall–Kier alpha value is -2.40. The lowest BCUT2D eigenvalue weighted by atomic mass is 10.0. The second-order valence-corrected chi connectivity index (χ2v) is 7.94. The molecule has 132 valence electrons. The Morgan fingerprint density at radius 1 is 1.12 bits per heavy atom. The fourth-order valence-electron chi connectivity index (χ4n) is 3.34. The molecular weight excluding hydrogens is 344 g/mol. The van der Waals surface area contributed by atoms with Crippen molar-refractivity contribution in [3.8, 4) is 11.5 Å². The highest BCUT2D eigenvalue weighted by molar-refractivity contribution is 8.00. The van der Waals surface area contributed by atoms with Crippen LogP contribution in [0, 0.1) is 6.92 Å². The Kier molecular flexibility index (Phi) is 4.64. The van der Waals surface area contributed by atoms with Crippen molar-refractivity contribution in [3.05, 3.63) is 64.7 Å². The van der Waals surface area contributed by atoms with E-state index in [2.05, 4.69) is 16.3 Å². The van der Waals surface area contributed by atoms with E-state index in [0.717, 1.165) is 29.5 Å². The summed E-state index contributed by atoms with van der Waals surface area (Å²) in [7, 11) is 0. The number of hydrogen-bond acceptors (Lipinski definition) is 5. The van der Waals surface area contributed by atoms with Crippen molar-refractivity contribution in [1.29, 1.82) is 0 Å². The molecule has 0 radical (unpaired) electrons. The topological polar surface area (TPSA) is 56.0 Å². The number of hydrogen-bond donors (Lipinski definition) is 0. The molecule has 0 saturated heterocycles. The van der Waals surface area contributed by atoms with Gasteiger partial charge < -0.3 is 4.42 Å². The highest BCUT2D eigenvalue weighted by Gasteiger charge is 2.22. The van der Waals surface area contributed by atoms with Crippen molar-refractivity contribution in [2.75, 3.05) is 0 Å². The van der Waals surface area contributed by atoms with Gasteiger partial charge in [-0.15, -0.1) is 10.2 Å². The molecule has 2 aromatic carbocycles. The van der Waals surface area contributed by atoms with Gasteiger partial charge in [-0.1, -0.05) is 42.1 Å². The van der Waals surface area contributed by atoms with Crippen molar-refractivity contribution in [2.45, 2.75) is 43.6 Å². The SMILES string of the molecule is Cc1ccccc1-c1nnc(S[C@H](C)C(=O)c2ccc3c(c2)CCC3)o1. The molecule has 4 rings (SSSR count). The number of benzene rings is 2. The summed E-state index contributed by atoms with van der Waals surface area (Å²) in [5.74, 6) is 0.586. The minimum absolute atomic E-state index is 0.0975. The van der Waals surface area contributed by atoms with Gasteiger partial charge in [0.25, 0.3) is 5.22 Å². The number of carbonyl (C=O) groups excluding carboxylic acids is 1. The minimum Gasteiger partial charge on any atom is -0.411 e. The first-order chi connectivity index (χ1) is 12.6. The van der Waals surface area contributed by atoms with Gasteiger partial charge in [0.2, 0.25) is 5.89 Å². The molecule has 1 atom stereocenters. The number of aromatic nitrogens is 2. The number of Topliss-reactive ketones (excluding diaryl/α,β-unsaturated/α-hetero) is 1. The van der Waals surface area contributed by atoms with Gasteiger partial charge in [0.05, 0.1) is 5.25 Å². The van der Waals surface area contributed by atoms with E-state index in [1.807, 2.05) is 50.2 Å². The van der Waals surface area contributed by atoms with Gasteiger partial charge in [0, 0.05) is 11.1 Å². The first-order valence-corrected chi connectivity index (χ1v) is 9.72. The first-order valence-electron chi connectivity index (χ1n) is 8.84. The standard InChI is InChI=1S/C21H20N2O2S/c1-13-6-3-4-9-18(13)20-22-23-21(25-20)26-14(2)19(24)17-11-10-15-7-5-8-16(15)12-17/h3-4,6,9-12,14H,5,7-8H2,1-2H3/t14-/m1/s1. The zero-order valence-corrected chi connectivity index (χ0v) is 15.7. The van der Waals surface area contributed by atoms with Crippen LogP contribution in [0.2, 0.25) is 0 Å². The molecule has 0 spiro atoms. The van der Waals surface area contributed by atoms with Crippen LogP contribution in [0.3, 0.4) is 0 Å². The molecule has 0 aliphatic heterocycles. The largest absolute Gasteiger partial charge is 0.411 e. The van der Waals surface area contributed by atoms with Crippen LogP contribution in [0.5, 0.6) is 0 Å². The zero-order chi connectivity index (χ0) is 18.1. The third-order valence-corrected chi connectivity index (χ3v) is 5.75. The van der Waals surface area contributed by atoms with E-state index in [9.17, 15) is 4.79 Å². The lowest BCUT2D eigenvalue weighted by Crippen LogP contribution is -2.13. The smallest absolute Gasteiger partial charge is 0.277 e. The summed E-state index contributed by atoms with van der Waals surface area (Å²) in [6.07, 6.45) is 3.38. The second kappa shape index (κ2) is 7.08. The molecule has 0 amide bonds. The van der Waals surface area contributed by atoms with Crippen LogP contribution in [0.4, 0.5) is 0 Å². The highest BCUT2D eigenvalue weighted by atomic mass is 32.2. The van der Waals surface area contributed by atoms with Crippen LogP contribution in [0.25, 0.3) is 11.5 Å². The van der Waals surface area contributed by atoms with Crippen molar-refractivity contribution in [1.82, 2.24) is 10.2 Å². The number of fused-ring (bicyclic) bond motifs is 1. The van der Waals surface area contributed by atoms with Gasteiger partial charge in [-0.2, -0.15) is 0 Å². The average Bonchev–Trinajstić information content (AvgIpc) is 3.30. The van der Waals surface area contributed by atoms with Gasteiger partial charge in [0.1, 0.15) is 0 Å². The summed E-state index contributed by atoms with van der Waals surface area (Å²) in [6.45, 7) is 3.89. The van der Waals surface area contributed by atoms with Crippen LogP contribution in [-0.2, 0) is 12.8 Å². The predicted molar refractivity (Wildman–Crippen MR) is 103 cm³/mol. The van der Waals surface area contributed by atoms with Gasteiger partial charge in [-0.05, 0) is 61.9 Å². The number of rotatable bonds is 5. The Balaban J connectivity index is 1.49. The molecule has 1 aliphatic carbocycles. The van der Waals surface area contributed by atoms with E-state index in [-0.39, 0.29) is 11.0 Å². The quantitative estimate of drug-likeness (QED) is 0.476. The molecule has 26 heavy (non-hydrogen) atoms. The second-order valence-electron chi connectivity index (χ2n) is 6.65. The lowest BCUT2D eigenvalue weighted by molar-refractivity contribution is 0.0993. The number of nitrogens with zero attached hydrogens (tertiary/aromatic N) is 2. The van der Waals surface area contributed by atoms with Crippen molar-refractivity contribution >= 4 is 17.5 Å². The fourth-order valence-corrected chi connectivity index (χ4v) is 4.10. The molecule has 1 aliphatic rings. The highest BCUT2D eigenvalue weighted by Crippen LogP contribution is 2.30. The normalized spacial score (nSPS) is 14.2. The molecule has 3 aromatic rings. The first kappa shape index (κ1) is 17.0. The van der Waals surface area contributed by atoms with Gasteiger partial charge >= 0.3 is 0 Å². The van der Waals surface area contributed by atoms with E-state index in [4.69, 9.17) is 4.42 Å². The third-order valence-electron chi connectivity index (χ3n) is 4.81. The maximum absolute atomic E-state index is 12.8. The summed E-state index contributed by atoms with van der Waals surface area (Å²) in [5, 5.41) is 8.38. The average molecular weight is 364 g/mol. The monoisotopic (exact) mass is 364 g/mol. The lowest BCUT2D eigenvalue weighted by Gasteiger charge is -2.09. The molecule has 5 heteroatoms. The fraction of sp³-hybridized carbons (Fsp3) is 0.286. The summed E-state index contributed by atoms with van der Waals surface area (Å²) in [6, 6.07) is 14.0. The molecule has 1 aromatic heterocycles. The van der Waals surface area contributed by atoms with Crippen molar-refractivity contribution in [3.63, 3.8) is 0 Å². The summed E-state index contributed by atoms with van der Waals surface area (Å²) in [5.41, 5.74) is 5.46. The molecule has 0 N–H and O–H groups in total. The Labute approximate surface area is 157 Å². The summed E-state index contributed by atoms with van der Waals surface area (Å²) in [4.78, 5) is 12.8. The predicted octanol–water partition coefficient (Wildman–Crippen LogP) is 4.90. The summed E-state index contributed by atoms with van der Waals surface area (Å²) < 4.78 is 5.77. The third kappa shape index (κ3) is 3.31. The van der Waals surface area contributed by atoms with E-state index in [0.29, 0.717) is 11.1 Å². The Morgan fingerprint density at radius 3 is 2.77 bits per heavy atom. The maximum atomic E-state index is 12.8. The van der Waals surface area contributed by atoms with E-state index < -0.39 is 0 Å². The molecule has 0 unspecified atom stereocenters. The van der Waals surface area contributed by atoms with Crippen molar-refractivity contribution in [2.24, 2.45) is 0 Å². The molecule has 0 bridgehead atoms. The van der Waals surface area contributed by atoms with Gasteiger partial charge in [0.15, 0.2) is 5.78 Å². The molecule has 0 fully saturated rings. The molecular formula is C21H20N2O2S. The molecule has 0 saturated carbocycles. The van der Waals surface area contributed by atoms with Crippen LogP contribution in [0.1, 0.15) is 40.4 Å². The maximum Gasteiger partial charge on any atom is 0.277 e. The Morgan fingerprint density at radius 2 is 1.92 bits per heavy atom. The number of thioether (sulfide) groups is 1. The number of aryl methyl sites for hydroxylation is 3. The molecule has 1 heterocycles.